The van der Waals surface area contributed by atoms with Crippen molar-refractivity contribution in [1.29, 1.82) is 0 Å². The Balaban J connectivity index is 1.74. The lowest BCUT2D eigenvalue weighted by Crippen LogP contribution is -2.15. The Morgan fingerprint density at radius 1 is 0.840 bits per heavy atom. The van der Waals surface area contributed by atoms with Gasteiger partial charge in [-0.05, 0) is 48.0 Å². The van der Waals surface area contributed by atoms with Gasteiger partial charge in [-0.3, -0.25) is 0 Å². The molecule has 25 heavy (non-hydrogen) atoms. The van der Waals surface area contributed by atoms with Crippen LogP contribution in [0.25, 0.3) is 16.6 Å². The Labute approximate surface area is 156 Å². The first-order chi connectivity index (χ1) is 12.2. The number of hydrogen-bond acceptors (Lipinski definition) is 1. The van der Waals surface area contributed by atoms with Crippen molar-refractivity contribution >= 4 is 32.5 Å². The molecule has 0 atom stereocenters. The molecule has 0 amide bonds. The second-order valence-corrected chi connectivity index (χ2v) is 7.13. The second kappa shape index (κ2) is 6.77. The fourth-order valence-electron chi connectivity index (χ4n) is 3.22. The van der Waals surface area contributed by atoms with Crippen molar-refractivity contribution in [3.63, 3.8) is 0 Å². The van der Waals surface area contributed by atoms with E-state index in [0.29, 0.717) is 0 Å². The number of benzene rings is 3. The van der Waals surface area contributed by atoms with Crippen LogP contribution in [0.4, 0.5) is 5.69 Å². The number of para-hydroxylation sites is 2. The highest BCUT2D eigenvalue weighted by Gasteiger charge is 2.11. The van der Waals surface area contributed by atoms with E-state index in [1.807, 2.05) is 0 Å². The second-order valence-electron chi connectivity index (χ2n) is 6.21. The topological polar surface area (TPSA) is 8.17 Å². The summed E-state index contributed by atoms with van der Waals surface area (Å²) in [4.78, 5) is 2.28. The maximum atomic E-state index is 3.50. The Hall–Kier alpha value is -2.52. The van der Waals surface area contributed by atoms with E-state index in [-0.39, 0.29) is 0 Å². The van der Waals surface area contributed by atoms with Crippen molar-refractivity contribution in [3.05, 3.63) is 95.1 Å². The third-order valence-electron chi connectivity index (χ3n) is 4.50. The molecule has 124 valence electrons. The maximum absolute atomic E-state index is 3.50. The summed E-state index contributed by atoms with van der Waals surface area (Å²) in [5, 5.41) is 1.30. The van der Waals surface area contributed by atoms with Crippen LogP contribution in [0.1, 0.15) is 5.56 Å². The summed E-state index contributed by atoms with van der Waals surface area (Å²) in [6, 6.07) is 27.6. The number of halogens is 1. The molecular formula is C22H19BrN2. The van der Waals surface area contributed by atoms with Crippen molar-refractivity contribution in [3.8, 4) is 5.69 Å². The largest absolute Gasteiger partial charge is 0.370 e. The molecule has 0 spiro atoms. The normalized spacial score (nSPS) is 11.0. The van der Waals surface area contributed by atoms with Crippen molar-refractivity contribution in [2.45, 2.75) is 6.54 Å². The van der Waals surface area contributed by atoms with Gasteiger partial charge in [-0.2, -0.15) is 0 Å². The smallest absolute Gasteiger partial charge is 0.0531 e. The Kier molecular flexibility index (Phi) is 4.33. The van der Waals surface area contributed by atoms with E-state index in [1.165, 1.54) is 27.8 Å². The molecule has 0 aliphatic rings. The van der Waals surface area contributed by atoms with Crippen LogP contribution >= 0.6 is 15.9 Å². The molecule has 0 bridgehead atoms. The third kappa shape index (κ3) is 3.20. The van der Waals surface area contributed by atoms with Crippen molar-refractivity contribution in [1.82, 2.24) is 4.57 Å². The number of aromatic nitrogens is 1. The molecule has 0 radical (unpaired) electrons. The molecule has 2 nitrogen and oxygen atoms in total. The van der Waals surface area contributed by atoms with E-state index in [0.717, 1.165) is 11.0 Å². The summed E-state index contributed by atoms with van der Waals surface area (Å²) >= 11 is 3.50. The number of rotatable bonds is 4. The zero-order valence-electron chi connectivity index (χ0n) is 14.1. The molecule has 0 aliphatic heterocycles. The highest BCUT2D eigenvalue weighted by Crippen LogP contribution is 2.27. The predicted molar refractivity (Wildman–Crippen MR) is 110 cm³/mol. The number of nitrogens with zero attached hydrogens (tertiary/aromatic N) is 2. The van der Waals surface area contributed by atoms with Crippen LogP contribution in [0.3, 0.4) is 0 Å². The molecule has 0 aliphatic carbocycles. The molecule has 0 unspecified atom stereocenters. The first-order valence-corrected chi connectivity index (χ1v) is 9.13. The van der Waals surface area contributed by atoms with Crippen molar-refractivity contribution in [2.75, 3.05) is 11.9 Å². The third-order valence-corrected chi connectivity index (χ3v) is 5.03. The van der Waals surface area contributed by atoms with Gasteiger partial charge < -0.3 is 9.47 Å². The molecule has 0 saturated heterocycles. The summed E-state index contributed by atoms with van der Waals surface area (Å²) in [7, 11) is 2.14. The minimum Gasteiger partial charge on any atom is -0.370 e. The van der Waals surface area contributed by atoms with Gasteiger partial charge in [0.25, 0.3) is 0 Å². The fourth-order valence-corrected chi connectivity index (χ4v) is 3.49. The molecule has 1 aromatic heterocycles. The molecule has 3 aromatic carbocycles. The van der Waals surface area contributed by atoms with Crippen LogP contribution < -0.4 is 4.90 Å². The molecule has 0 N–H and O–H groups in total. The zero-order chi connectivity index (χ0) is 17.2. The van der Waals surface area contributed by atoms with E-state index < -0.39 is 0 Å². The summed E-state index contributed by atoms with van der Waals surface area (Å²) in [5.74, 6) is 0. The van der Waals surface area contributed by atoms with E-state index in [4.69, 9.17) is 0 Å². The average Bonchev–Trinajstić information content (AvgIpc) is 3.02. The SMILES string of the molecule is CN(Cc1cn(-c2ccccc2)c2ccccc12)c1ccc(Br)cc1. The van der Waals surface area contributed by atoms with Gasteiger partial charge in [0, 0.05) is 41.0 Å². The first-order valence-electron chi connectivity index (χ1n) is 8.33. The summed E-state index contributed by atoms with van der Waals surface area (Å²) in [6.45, 7) is 0.863. The van der Waals surface area contributed by atoms with Crippen LogP contribution in [-0.2, 0) is 6.54 Å². The standard InChI is InChI=1S/C22H19BrN2/c1-24(19-13-11-18(23)12-14-19)15-17-16-25(20-7-3-2-4-8-20)22-10-6-5-9-21(17)22/h2-14,16H,15H2,1H3. The van der Waals surface area contributed by atoms with Gasteiger partial charge in [0.15, 0.2) is 0 Å². The van der Waals surface area contributed by atoms with Gasteiger partial charge >= 0.3 is 0 Å². The number of anilines is 1. The molecular weight excluding hydrogens is 372 g/mol. The summed E-state index contributed by atoms with van der Waals surface area (Å²) < 4.78 is 3.38. The molecule has 3 heteroatoms. The minimum atomic E-state index is 0.863. The predicted octanol–water partition coefficient (Wildman–Crippen LogP) is 6.03. The first kappa shape index (κ1) is 16.0. The highest BCUT2D eigenvalue weighted by atomic mass is 79.9. The lowest BCUT2D eigenvalue weighted by atomic mass is 10.1. The van der Waals surface area contributed by atoms with E-state index >= 15 is 0 Å². The van der Waals surface area contributed by atoms with E-state index in [1.54, 1.807) is 0 Å². The van der Waals surface area contributed by atoms with Gasteiger partial charge in [-0.25, -0.2) is 0 Å². The van der Waals surface area contributed by atoms with Gasteiger partial charge in [-0.15, -0.1) is 0 Å². The van der Waals surface area contributed by atoms with Crippen molar-refractivity contribution < 1.29 is 0 Å². The minimum absolute atomic E-state index is 0.863. The quantitative estimate of drug-likeness (QED) is 0.412. The average molecular weight is 391 g/mol. The van der Waals surface area contributed by atoms with E-state index in [9.17, 15) is 0 Å². The number of fused-ring (bicyclic) bond motifs is 1. The lowest BCUT2D eigenvalue weighted by molar-refractivity contribution is 0.923. The maximum Gasteiger partial charge on any atom is 0.0531 e. The highest BCUT2D eigenvalue weighted by molar-refractivity contribution is 9.10. The fraction of sp³-hybridized carbons (Fsp3) is 0.0909. The summed E-state index contributed by atoms with van der Waals surface area (Å²) in [6.07, 6.45) is 2.26. The van der Waals surface area contributed by atoms with Crippen LogP contribution in [0.2, 0.25) is 0 Å². The van der Waals surface area contributed by atoms with Gasteiger partial charge in [0.05, 0.1) is 5.52 Å². The zero-order valence-corrected chi connectivity index (χ0v) is 15.6. The monoisotopic (exact) mass is 390 g/mol. The molecule has 0 fully saturated rings. The molecule has 4 aromatic rings. The lowest BCUT2D eigenvalue weighted by Gasteiger charge is -2.19. The molecule has 4 rings (SSSR count). The van der Waals surface area contributed by atoms with Crippen LogP contribution in [-0.4, -0.2) is 11.6 Å². The Morgan fingerprint density at radius 3 is 2.28 bits per heavy atom. The summed E-state index contributed by atoms with van der Waals surface area (Å²) in [5.41, 5.74) is 4.97. The Morgan fingerprint density at radius 2 is 1.52 bits per heavy atom. The van der Waals surface area contributed by atoms with Crippen LogP contribution in [0, 0.1) is 0 Å². The van der Waals surface area contributed by atoms with E-state index in [2.05, 4.69) is 118 Å². The van der Waals surface area contributed by atoms with Crippen LogP contribution in [0.15, 0.2) is 89.5 Å². The molecule has 0 saturated carbocycles. The van der Waals surface area contributed by atoms with Gasteiger partial charge in [-0.1, -0.05) is 52.3 Å². The van der Waals surface area contributed by atoms with Crippen LogP contribution in [0.5, 0.6) is 0 Å². The van der Waals surface area contributed by atoms with Gasteiger partial charge in [0.2, 0.25) is 0 Å². The Bertz CT molecular complexity index is 988. The van der Waals surface area contributed by atoms with Crippen molar-refractivity contribution in [2.24, 2.45) is 0 Å². The number of hydrogen-bond donors (Lipinski definition) is 0. The molecule has 1 heterocycles. The van der Waals surface area contributed by atoms with Gasteiger partial charge in [0.1, 0.15) is 0 Å².